The van der Waals surface area contributed by atoms with E-state index in [1.54, 1.807) is 0 Å². The van der Waals surface area contributed by atoms with Gasteiger partial charge in [-0.3, -0.25) is 4.79 Å². The van der Waals surface area contributed by atoms with Crippen LogP contribution in [0.2, 0.25) is 6.04 Å². The first-order chi connectivity index (χ1) is 9.28. The lowest BCUT2D eigenvalue weighted by Crippen LogP contribution is -2.46. The average molecular weight is 306 g/mol. The van der Waals surface area contributed by atoms with Crippen molar-refractivity contribution in [2.75, 3.05) is 19.8 Å². The van der Waals surface area contributed by atoms with Gasteiger partial charge in [-0.25, -0.2) is 0 Å². The van der Waals surface area contributed by atoms with E-state index in [4.69, 9.17) is 18.0 Å². The summed E-state index contributed by atoms with van der Waals surface area (Å²) >= 11 is 0. The summed E-state index contributed by atoms with van der Waals surface area (Å²) in [5.74, 6) is -0.190. The molecule has 0 aromatic rings. The molecule has 5 nitrogen and oxygen atoms in total. The molecule has 6 heteroatoms. The molecule has 0 N–H and O–H groups in total. The summed E-state index contributed by atoms with van der Waals surface area (Å²) < 4.78 is 22.5. The predicted octanol–water partition coefficient (Wildman–Crippen LogP) is 3.16. The number of ether oxygens (including phenoxy) is 1. The molecule has 120 valence electrons. The molecule has 20 heavy (non-hydrogen) atoms. The van der Waals surface area contributed by atoms with Crippen molar-refractivity contribution in [3.8, 4) is 0 Å². The van der Waals surface area contributed by atoms with Crippen LogP contribution in [-0.2, 0) is 22.8 Å². The first-order valence-electron chi connectivity index (χ1n) is 7.42. The number of rotatable bonds is 10. The quantitative estimate of drug-likeness (QED) is 0.458. The second-order valence-electron chi connectivity index (χ2n) is 5.42. The molecule has 0 aliphatic heterocycles. The van der Waals surface area contributed by atoms with Crippen molar-refractivity contribution in [1.82, 2.24) is 0 Å². The lowest BCUT2D eigenvalue weighted by Gasteiger charge is -2.28. The van der Waals surface area contributed by atoms with E-state index in [0.717, 1.165) is 0 Å². The second-order valence-corrected chi connectivity index (χ2v) is 8.15. The molecule has 0 fully saturated rings. The fraction of sp³-hybridized carbons (Fsp3) is 0.929. The van der Waals surface area contributed by atoms with Crippen LogP contribution in [0.1, 0.15) is 54.4 Å². The first-order valence-corrected chi connectivity index (χ1v) is 9.35. The van der Waals surface area contributed by atoms with Crippen LogP contribution < -0.4 is 0 Å². The number of carbonyl (C=O) groups is 1. The molecular weight excluding hydrogens is 276 g/mol. The molecule has 0 radical (unpaired) electrons. The van der Waals surface area contributed by atoms with Gasteiger partial charge in [0.2, 0.25) is 0 Å². The van der Waals surface area contributed by atoms with Crippen LogP contribution in [0.4, 0.5) is 0 Å². The van der Waals surface area contributed by atoms with Crippen LogP contribution in [-0.4, -0.2) is 40.2 Å². The molecule has 0 atom stereocenters. The maximum Gasteiger partial charge on any atom is 0.500 e. The van der Waals surface area contributed by atoms with Gasteiger partial charge in [0.25, 0.3) is 0 Å². The van der Waals surface area contributed by atoms with Gasteiger partial charge in [-0.15, -0.1) is 0 Å². The molecule has 0 aliphatic carbocycles. The highest BCUT2D eigenvalue weighted by atomic mass is 28.4. The van der Waals surface area contributed by atoms with Crippen molar-refractivity contribution >= 4 is 14.8 Å². The standard InChI is InChI=1S/C14H30O5Si/c1-7-16-20(17-8-2,18-9-3)12-10-11-13(15)19-14(4,5)6/h7-12H2,1-6H3. The zero-order valence-corrected chi connectivity index (χ0v) is 14.8. The summed E-state index contributed by atoms with van der Waals surface area (Å²) in [7, 11) is -2.63. The third-order valence-corrected chi connectivity index (χ3v) is 5.53. The molecule has 0 aliphatic rings. The van der Waals surface area contributed by atoms with Crippen LogP contribution in [0.3, 0.4) is 0 Å². The van der Waals surface area contributed by atoms with Crippen molar-refractivity contribution in [3.05, 3.63) is 0 Å². The Labute approximate surface area is 124 Å². The van der Waals surface area contributed by atoms with Crippen LogP contribution >= 0.6 is 0 Å². The maximum absolute atomic E-state index is 11.7. The van der Waals surface area contributed by atoms with Gasteiger partial charge in [-0.1, -0.05) is 0 Å². The molecule has 0 aromatic heterocycles. The van der Waals surface area contributed by atoms with Crippen molar-refractivity contribution in [2.24, 2.45) is 0 Å². The normalized spacial score (nSPS) is 12.5. The minimum atomic E-state index is -2.63. The van der Waals surface area contributed by atoms with E-state index in [1.165, 1.54) is 0 Å². The van der Waals surface area contributed by atoms with Gasteiger partial charge in [0, 0.05) is 32.3 Å². The Bertz CT molecular complexity index is 258. The summed E-state index contributed by atoms with van der Waals surface area (Å²) in [6, 6.07) is 0.641. The fourth-order valence-electron chi connectivity index (χ4n) is 1.84. The van der Waals surface area contributed by atoms with Gasteiger partial charge in [0.1, 0.15) is 5.60 Å². The van der Waals surface area contributed by atoms with E-state index in [9.17, 15) is 4.79 Å². The summed E-state index contributed by atoms with van der Waals surface area (Å²) in [5.41, 5.74) is -0.439. The highest BCUT2D eigenvalue weighted by molar-refractivity contribution is 6.60. The van der Waals surface area contributed by atoms with Crippen molar-refractivity contribution < 1.29 is 22.8 Å². The molecule has 0 spiro atoms. The lowest BCUT2D eigenvalue weighted by molar-refractivity contribution is -0.154. The Balaban J connectivity index is 4.34. The minimum Gasteiger partial charge on any atom is -0.460 e. The van der Waals surface area contributed by atoms with Gasteiger partial charge in [-0.2, -0.15) is 0 Å². The van der Waals surface area contributed by atoms with E-state index >= 15 is 0 Å². The molecule has 0 unspecified atom stereocenters. The number of hydrogen-bond donors (Lipinski definition) is 0. The second kappa shape index (κ2) is 9.49. The summed E-state index contributed by atoms with van der Waals surface area (Å²) in [4.78, 5) is 11.7. The smallest absolute Gasteiger partial charge is 0.460 e. The van der Waals surface area contributed by atoms with E-state index < -0.39 is 14.4 Å². The van der Waals surface area contributed by atoms with Crippen LogP contribution in [0.15, 0.2) is 0 Å². The van der Waals surface area contributed by atoms with Gasteiger partial charge in [-0.05, 0) is 48.0 Å². The van der Waals surface area contributed by atoms with Crippen LogP contribution in [0.25, 0.3) is 0 Å². The molecular formula is C14H30O5Si. The van der Waals surface area contributed by atoms with E-state index in [0.29, 0.717) is 38.7 Å². The van der Waals surface area contributed by atoms with Crippen LogP contribution in [0, 0.1) is 0 Å². The number of carbonyl (C=O) groups excluding carboxylic acids is 1. The first kappa shape index (κ1) is 19.6. The fourth-order valence-corrected chi connectivity index (χ4v) is 4.46. The van der Waals surface area contributed by atoms with Gasteiger partial charge >= 0.3 is 14.8 Å². The van der Waals surface area contributed by atoms with Crippen molar-refractivity contribution in [2.45, 2.75) is 66.0 Å². The molecule has 0 heterocycles. The Hall–Kier alpha value is -0.433. The monoisotopic (exact) mass is 306 g/mol. The summed E-state index contributed by atoms with van der Waals surface area (Å²) in [5, 5.41) is 0. The van der Waals surface area contributed by atoms with E-state index in [2.05, 4.69) is 0 Å². The molecule has 0 saturated heterocycles. The highest BCUT2D eigenvalue weighted by Gasteiger charge is 2.39. The summed E-state index contributed by atoms with van der Waals surface area (Å²) in [6.07, 6.45) is 1.01. The summed E-state index contributed by atoms with van der Waals surface area (Å²) in [6.45, 7) is 13.0. The topological polar surface area (TPSA) is 54.0 Å². The molecule has 0 aromatic carbocycles. The maximum atomic E-state index is 11.7. The van der Waals surface area contributed by atoms with Crippen molar-refractivity contribution in [3.63, 3.8) is 0 Å². The number of esters is 1. The highest BCUT2D eigenvalue weighted by Crippen LogP contribution is 2.20. The Morgan fingerprint density at radius 3 is 1.75 bits per heavy atom. The van der Waals surface area contributed by atoms with Crippen LogP contribution in [0.5, 0.6) is 0 Å². The Morgan fingerprint density at radius 1 is 0.950 bits per heavy atom. The van der Waals surface area contributed by atoms with Crippen molar-refractivity contribution in [1.29, 1.82) is 0 Å². The largest absolute Gasteiger partial charge is 0.500 e. The average Bonchev–Trinajstić information content (AvgIpc) is 2.27. The van der Waals surface area contributed by atoms with E-state index in [-0.39, 0.29) is 5.97 Å². The Kier molecular flexibility index (Phi) is 9.29. The SMILES string of the molecule is CCO[Si](CCCC(=O)OC(C)(C)C)(OCC)OCC. The third-order valence-electron chi connectivity index (χ3n) is 2.38. The van der Waals surface area contributed by atoms with Gasteiger partial charge < -0.3 is 18.0 Å². The molecule has 0 amide bonds. The minimum absolute atomic E-state index is 0.190. The third kappa shape index (κ3) is 8.68. The van der Waals surface area contributed by atoms with Gasteiger partial charge in [0.15, 0.2) is 0 Å². The lowest BCUT2D eigenvalue weighted by atomic mass is 10.2. The molecule has 0 rings (SSSR count). The molecule has 0 saturated carbocycles. The molecule has 0 bridgehead atoms. The predicted molar refractivity (Wildman–Crippen MR) is 80.5 cm³/mol. The van der Waals surface area contributed by atoms with Gasteiger partial charge in [0.05, 0.1) is 0 Å². The zero-order chi connectivity index (χ0) is 15.6. The van der Waals surface area contributed by atoms with E-state index in [1.807, 2.05) is 41.5 Å². The zero-order valence-electron chi connectivity index (χ0n) is 13.8. The Morgan fingerprint density at radius 2 is 1.40 bits per heavy atom. The number of hydrogen-bond acceptors (Lipinski definition) is 5.